The summed E-state index contributed by atoms with van der Waals surface area (Å²) in [7, 11) is 0. The van der Waals surface area contributed by atoms with Gasteiger partial charge in [0.1, 0.15) is 5.82 Å². The number of halogens is 1. The molecule has 0 unspecified atom stereocenters. The van der Waals surface area contributed by atoms with Gasteiger partial charge >= 0.3 is 0 Å². The van der Waals surface area contributed by atoms with Gasteiger partial charge in [0, 0.05) is 30.4 Å². The van der Waals surface area contributed by atoms with Crippen LogP contribution < -0.4 is 11.1 Å². The SMILES string of the molecule is Cc1cnn(CCNCc2ccc(C(N)=O)cc2F)c1. The lowest BCUT2D eigenvalue weighted by molar-refractivity contribution is 0.1000. The highest BCUT2D eigenvalue weighted by Gasteiger charge is 2.06. The zero-order valence-electron chi connectivity index (χ0n) is 11.3. The number of carbonyl (C=O) groups is 1. The number of benzene rings is 1. The molecule has 5 nitrogen and oxygen atoms in total. The molecule has 20 heavy (non-hydrogen) atoms. The summed E-state index contributed by atoms with van der Waals surface area (Å²) in [6.45, 7) is 3.77. The van der Waals surface area contributed by atoms with Crippen LogP contribution in [0, 0.1) is 12.7 Å². The van der Waals surface area contributed by atoms with Crippen LogP contribution >= 0.6 is 0 Å². The van der Waals surface area contributed by atoms with Crippen LogP contribution in [-0.4, -0.2) is 22.2 Å². The molecule has 2 aromatic rings. The number of aryl methyl sites for hydroxylation is 1. The topological polar surface area (TPSA) is 72.9 Å². The van der Waals surface area contributed by atoms with E-state index >= 15 is 0 Å². The molecule has 0 atom stereocenters. The minimum Gasteiger partial charge on any atom is -0.366 e. The van der Waals surface area contributed by atoms with Crippen molar-refractivity contribution in [3.8, 4) is 0 Å². The molecule has 0 aliphatic carbocycles. The van der Waals surface area contributed by atoms with Gasteiger partial charge in [-0.25, -0.2) is 4.39 Å². The molecule has 106 valence electrons. The van der Waals surface area contributed by atoms with E-state index in [0.29, 0.717) is 18.7 Å². The normalized spacial score (nSPS) is 10.7. The highest BCUT2D eigenvalue weighted by molar-refractivity contribution is 5.92. The highest BCUT2D eigenvalue weighted by Crippen LogP contribution is 2.10. The van der Waals surface area contributed by atoms with Crippen molar-refractivity contribution in [3.63, 3.8) is 0 Å². The number of amides is 1. The Balaban J connectivity index is 1.83. The highest BCUT2D eigenvalue weighted by atomic mass is 19.1. The first-order valence-corrected chi connectivity index (χ1v) is 6.34. The molecular weight excluding hydrogens is 259 g/mol. The molecule has 0 aliphatic rings. The maximum absolute atomic E-state index is 13.7. The van der Waals surface area contributed by atoms with Crippen molar-refractivity contribution in [2.75, 3.05) is 6.54 Å². The van der Waals surface area contributed by atoms with Crippen molar-refractivity contribution < 1.29 is 9.18 Å². The van der Waals surface area contributed by atoms with Crippen molar-refractivity contribution in [2.24, 2.45) is 5.73 Å². The Morgan fingerprint density at radius 3 is 2.90 bits per heavy atom. The molecule has 0 saturated carbocycles. The van der Waals surface area contributed by atoms with Gasteiger partial charge in [0.2, 0.25) is 5.91 Å². The monoisotopic (exact) mass is 276 g/mol. The summed E-state index contributed by atoms with van der Waals surface area (Å²) in [4.78, 5) is 10.9. The Kier molecular flexibility index (Phi) is 4.47. The zero-order chi connectivity index (χ0) is 14.5. The molecular formula is C14H17FN4O. The number of hydrogen-bond donors (Lipinski definition) is 2. The van der Waals surface area contributed by atoms with E-state index in [1.165, 1.54) is 6.07 Å². The minimum absolute atomic E-state index is 0.179. The number of primary amides is 1. The van der Waals surface area contributed by atoms with Crippen LogP contribution in [0.2, 0.25) is 0 Å². The minimum atomic E-state index is -0.627. The summed E-state index contributed by atoms with van der Waals surface area (Å²) in [6, 6.07) is 4.26. The third kappa shape index (κ3) is 3.64. The van der Waals surface area contributed by atoms with Crippen molar-refractivity contribution in [1.82, 2.24) is 15.1 Å². The van der Waals surface area contributed by atoms with Crippen LogP contribution in [0.15, 0.2) is 30.6 Å². The largest absolute Gasteiger partial charge is 0.366 e. The second kappa shape index (κ2) is 6.29. The van der Waals surface area contributed by atoms with Gasteiger partial charge in [-0.1, -0.05) is 6.07 Å². The Labute approximate surface area is 116 Å². The van der Waals surface area contributed by atoms with Crippen LogP contribution in [0.1, 0.15) is 21.5 Å². The number of nitrogens with two attached hydrogens (primary N) is 1. The predicted octanol–water partition coefficient (Wildman–Crippen LogP) is 1.22. The number of carbonyl (C=O) groups excluding carboxylic acids is 1. The van der Waals surface area contributed by atoms with E-state index in [9.17, 15) is 9.18 Å². The van der Waals surface area contributed by atoms with Crippen molar-refractivity contribution >= 4 is 5.91 Å². The van der Waals surface area contributed by atoms with Gasteiger partial charge in [-0.3, -0.25) is 9.48 Å². The van der Waals surface area contributed by atoms with E-state index in [2.05, 4.69) is 10.4 Å². The van der Waals surface area contributed by atoms with Crippen LogP contribution in [0.3, 0.4) is 0 Å². The number of nitrogens with one attached hydrogen (secondary N) is 1. The van der Waals surface area contributed by atoms with Crippen molar-refractivity contribution in [1.29, 1.82) is 0 Å². The lowest BCUT2D eigenvalue weighted by Gasteiger charge is -2.07. The van der Waals surface area contributed by atoms with Crippen LogP contribution in [0.25, 0.3) is 0 Å². The maximum atomic E-state index is 13.7. The first-order chi connectivity index (χ1) is 9.56. The fraction of sp³-hybridized carbons (Fsp3) is 0.286. The quantitative estimate of drug-likeness (QED) is 0.779. The predicted molar refractivity (Wildman–Crippen MR) is 73.6 cm³/mol. The summed E-state index contributed by atoms with van der Waals surface area (Å²) in [5.41, 5.74) is 6.88. The molecule has 6 heteroatoms. The summed E-state index contributed by atoms with van der Waals surface area (Å²) < 4.78 is 15.5. The van der Waals surface area contributed by atoms with Crippen molar-refractivity contribution in [2.45, 2.75) is 20.0 Å². The molecule has 0 radical (unpaired) electrons. The van der Waals surface area contributed by atoms with E-state index in [1.54, 1.807) is 12.3 Å². The van der Waals surface area contributed by atoms with Crippen LogP contribution in [-0.2, 0) is 13.1 Å². The zero-order valence-corrected chi connectivity index (χ0v) is 11.3. The van der Waals surface area contributed by atoms with Gasteiger partial charge in [0.05, 0.1) is 12.7 Å². The molecule has 0 aliphatic heterocycles. The molecule has 0 saturated heterocycles. The molecule has 1 heterocycles. The molecule has 0 spiro atoms. The number of rotatable bonds is 6. The molecule has 0 bridgehead atoms. The Morgan fingerprint density at radius 1 is 1.50 bits per heavy atom. The van der Waals surface area contributed by atoms with Gasteiger partial charge in [0.15, 0.2) is 0 Å². The first kappa shape index (κ1) is 14.2. The molecule has 2 rings (SSSR count). The Morgan fingerprint density at radius 2 is 2.30 bits per heavy atom. The van der Waals surface area contributed by atoms with Gasteiger partial charge < -0.3 is 11.1 Å². The van der Waals surface area contributed by atoms with E-state index in [1.807, 2.05) is 17.8 Å². The van der Waals surface area contributed by atoms with E-state index in [4.69, 9.17) is 5.73 Å². The second-order valence-corrected chi connectivity index (χ2v) is 4.63. The van der Waals surface area contributed by atoms with Gasteiger partial charge in [-0.2, -0.15) is 5.10 Å². The number of hydrogen-bond acceptors (Lipinski definition) is 3. The average molecular weight is 276 g/mol. The molecule has 0 fully saturated rings. The average Bonchev–Trinajstić information content (AvgIpc) is 2.81. The molecule has 1 aromatic heterocycles. The summed E-state index contributed by atoms with van der Waals surface area (Å²) >= 11 is 0. The number of aromatic nitrogens is 2. The maximum Gasteiger partial charge on any atom is 0.248 e. The van der Waals surface area contributed by atoms with Gasteiger partial charge in [-0.05, 0) is 24.6 Å². The lowest BCUT2D eigenvalue weighted by atomic mass is 10.1. The number of nitrogens with zero attached hydrogens (tertiary/aromatic N) is 2. The van der Waals surface area contributed by atoms with Crippen molar-refractivity contribution in [3.05, 3.63) is 53.1 Å². The van der Waals surface area contributed by atoms with Gasteiger partial charge in [0.25, 0.3) is 0 Å². The molecule has 3 N–H and O–H groups in total. The molecule has 1 amide bonds. The first-order valence-electron chi connectivity index (χ1n) is 6.34. The fourth-order valence-corrected chi connectivity index (χ4v) is 1.85. The van der Waals surface area contributed by atoms with E-state index < -0.39 is 11.7 Å². The smallest absolute Gasteiger partial charge is 0.248 e. The summed E-state index contributed by atoms with van der Waals surface area (Å²) in [6.07, 6.45) is 3.74. The third-order valence-electron chi connectivity index (χ3n) is 2.93. The van der Waals surface area contributed by atoms with E-state index in [0.717, 1.165) is 18.2 Å². The van der Waals surface area contributed by atoms with Crippen LogP contribution in [0.4, 0.5) is 4.39 Å². The van der Waals surface area contributed by atoms with Crippen LogP contribution in [0.5, 0.6) is 0 Å². The standard InChI is InChI=1S/C14H17FN4O/c1-10-7-18-19(9-10)5-4-17-8-12-3-2-11(14(16)20)6-13(12)15/h2-3,6-7,9,17H,4-5,8H2,1H3,(H2,16,20). The van der Waals surface area contributed by atoms with Gasteiger partial charge in [-0.15, -0.1) is 0 Å². The third-order valence-corrected chi connectivity index (χ3v) is 2.93. The Bertz CT molecular complexity index is 609. The fourth-order valence-electron chi connectivity index (χ4n) is 1.85. The summed E-state index contributed by atoms with van der Waals surface area (Å²) in [5.74, 6) is -1.05. The Hall–Kier alpha value is -2.21. The molecule has 1 aromatic carbocycles. The lowest BCUT2D eigenvalue weighted by Crippen LogP contribution is -2.20. The second-order valence-electron chi connectivity index (χ2n) is 4.63. The van der Waals surface area contributed by atoms with E-state index in [-0.39, 0.29) is 5.56 Å². The summed E-state index contributed by atoms with van der Waals surface area (Å²) in [5, 5.41) is 7.29.